The molecule has 2 aromatic rings. The van der Waals surface area contributed by atoms with E-state index in [0.717, 1.165) is 38.7 Å². The largest absolute Gasteiger partial charge is 0.368 e. The first-order chi connectivity index (χ1) is 13.7. The maximum atomic E-state index is 12.5. The predicted octanol–water partition coefficient (Wildman–Crippen LogP) is 3.08. The molecule has 1 aromatic carbocycles. The van der Waals surface area contributed by atoms with Gasteiger partial charge in [-0.05, 0) is 31.2 Å². The highest BCUT2D eigenvalue weighted by Crippen LogP contribution is 2.16. The molecule has 0 bridgehead atoms. The van der Waals surface area contributed by atoms with Crippen LogP contribution in [0.25, 0.3) is 0 Å². The summed E-state index contributed by atoms with van der Waals surface area (Å²) in [5.74, 6) is 0.928. The normalized spacial score (nSPS) is 14.3. The number of aliphatic imine (C=N–C) groups is 1. The molecule has 0 spiro atoms. The van der Waals surface area contributed by atoms with Crippen LogP contribution in [0.3, 0.4) is 0 Å². The number of para-hydroxylation sites is 1. The van der Waals surface area contributed by atoms with E-state index in [1.807, 2.05) is 11.0 Å². The number of carbonyl (C=O) groups excluding carboxylic acids is 1. The number of thiophene rings is 1. The Bertz CT molecular complexity index is 787. The van der Waals surface area contributed by atoms with Crippen molar-refractivity contribution < 1.29 is 4.79 Å². The van der Waals surface area contributed by atoms with Gasteiger partial charge in [-0.15, -0.1) is 35.3 Å². The van der Waals surface area contributed by atoms with E-state index in [-0.39, 0.29) is 29.9 Å². The summed E-state index contributed by atoms with van der Waals surface area (Å²) in [6, 6.07) is 14.6. The van der Waals surface area contributed by atoms with Crippen molar-refractivity contribution in [2.24, 2.45) is 4.99 Å². The lowest BCUT2D eigenvalue weighted by molar-refractivity contribution is -0.131. The molecule has 1 saturated heterocycles. The molecule has 1 amide bonds. The highest BCUT2D eigenvalue weighted by atomic mass is 127. The summed E-state index contributed by atoms with van der Waals surface area (Å²) in [6.07, 6.45) is 0.476. The zero-order valence-electron chi connectivity index (χ0n) is 17.1. The molecular formula is C21H30IN5OS. The monoisotopic (exact) mass is 527 g/mol. The van der Waals surface area contributed by atoms with Gasteiger partial charge in [-0.3, -0.25) is 9.79 Å². The van der Waals surface area contributed by atoms with Crippen LogP contribution in [0, 0.1) is 6.92 Å². The molecular weight excluding hydrogens is 497 g/mol. The number of amides is 1. The number of piperazine rings is 1. The number of carbonyl (C=O) groups is 1. The third-order valence-corrected chi connectivity index (χ3v) is 5.84. The summed E-state index contributed by atoms with van der Waals surface area (Å²) in [6.45, 7) is 6.75. The van der Waals surface area contributed by atoms with Gasteiger partial charge < -0.3 is 20.4 Å². The Morgan fingerprint density at radius 1 is 1.07 bits per heavy atom. The van der Waals surface area contributed by atoms with Crippen molar-refractivity contribution in [1.29, 1.82) is 0 Å². The van der Waals surface area contributed by atoms with E-state index in [2.05, 4.69) is 63.8 Å². The molecule has 158 valence electrons. The summed E-state index contributed by atoms with van der Waals surface area (Å²) >= 11 is 1.78. The zero-order chi connectivity index (χ0) is 19.8. The van der Waals surface area contributed by atoms with Crippen molar-refractivity contribution in [3.05, 3.63) is 52.2 Å². The Morgan fingerprint density at radius 3 is 2.41 bits per heavy atom. The highest BCUT2D eigenvalue weighted by Gasteiger charge is 2.20. The second-order valence-electron chi connectivity index (χ2n) is 6.82. The first kappa shape index (κ1) is 23.5. The smallest absolute Gasteiger partial charge is 0.224 e. The van der Waals surface area contributed by atoms with E-state index in [1.54, 1.807) is 18.4 Å². The van der Waals surface area contributed by atoms with E-state index in [0.29, 0.717) is 13.0 Å². The maximum Gasteiger partial charge on any atom is 0.224 e. The van der Waals surface area contributed by atoms with E-state index in [4.69, 9.17) is 0 Å². The number of nitrogens with zero attached hydrogens (tertiary/aromatic N) is 3. The van der Waals surface area contributed by atoms with Gasteiger partial charge in [-0.1, -0.05) is 18.2 Å². The number of anilines is 1. The number of benzene rings is 1. The van der Waals surface area contributed by atoms with Gasteiger partial charge >= 0.3 is 0 Å². The highest BCUT2D eigenvalue weighted by molar-refractivity contribution is 14.0. The lowest BCUT2D eigenvalue weighted by Crippen LogP contribution is -2.49. The van der Waals surface area contributed by atoms with Gasteiger partial charge in [0.05, 0.1) is 6.54 Å². The zero-order valence-corrected chi connectivity index (χ0v) is 20.2. The van der Waals surface area contributed by atoms with Crippen LogP contribution >= 0.6 is 35.3 Å². The molecule has 2 heterocycles. The lowest BCUT2D eigenvalue weighted by atomic mass is 10.2. The number of aryl methyl sites for hydroxylation is 1. The van der Waals surface area contributed by atoms with Crippen molar-refractivity contribution in [3.63, 3.8) is 0 Å². The Kier molecular flexibility index (Phi) is 9.72. The number of hydrogen-bond donors (Lipinski definition) is 2. The van der Waals surface area contributed by atoms with Gasteiger partial charge in [-0.25, -0.2) is 0 Å². The van der Waals surface area contributed by atoms with E-state index < -0.39 is 0 Å². The Hall–Kier alpha value is -1.81. The van der Waals surface area contributed by atoms with Crippen molar-refractivity contribution in [3.8, 4) is 0 Å². The van der Waals surface area contributed by atoms with Crippen LogP contribution in [0.15, 0.2) is 47.5 Å². The van der Waals surface area contributed by atoms with Crippen LogP contribution in [0.1, 0.15) is 16.2 Å². The van der Waals surface area contributed by atoms with Gasteiger partial charge in [0.2, 0.25) is 5.91 Å². The van der Waals surface area contributed by atoms with Crippen LogP contribution < -0.4 is 15.5 Å². The predicted molar refractivity (Wildman–Crippen MR) is 133 cm³/mol. The summed E-state index contributed by atoms with van der Waals surface area (Å²) < 4.78 is 0. The number of rotatable bonds is 6. The van der Waals surface area contributed by atoms with Crippen molar-refractivity contribution in [2.75, 3.05) is 44.7 Å². The molecule has 0 atom stereocenters. The number of halogens is 1. The van der Waals surface area contributed by atoms with Crippen LogP contribution in [-0.4, -0.2) is 56.5 Å². The van der Waals surface area contributed by atoms with Crippen molar-refractivity contribution in [1.82, 2.24) is 15.5 Å². The molecule has 1 aromatic heterocycles. The van der Waals surface area contributed by atoms with Crippen LogP contribution in [0.4, 0.5) is 5.69 Å². The Morgan fingerprint density at radius 2 is 1.79 bits per heavy atom. The fraction of sp³-hybridized carbons (Fsp3) is 0.429. The first-order valence-electron chi connectivity index (χ1n) is 9.73. The lowest BCUT2D eigenvalue weighted by Gasteiger charge is -2.36. The Labute approximate surface area is 194 Å². The minimum absolute atomic E-state index is 0. The third kappa shape index (κ3) is 7.18. The molecule has 1 aliphatic rings. The van der Waals surface area contributed by atoms with Crippen LogP contribution in [0.5, 0.6) is 0 Å². The van der Waals surface area contributed by atoms with Gasteiger partial charge in [0.25, 0.3) is 0 Å². The molecule has 0 radical (unpaired) electrons. The SMILES string of the molecule is CN=C(NCCC(=O)N1CCN(c2ccccc2)CC1)NCc1ccc(C)s1.I. The molecule has 0 unspecified atom stereocenters. The van der Waals surface area contributed by atoms with Crippen LogP contribution in [0.2, 0.25) is 0 Å². The molecule has 6 nitrogen and oxygen atoms in total. The number of nitrogens with one attached hydrogen (secondary N) is 2. The van der Waals surface area contributed by atoms with E-state index in [9.17, 15) is 4.79 Å². The molecule has 2 N–H and O–H groups in total. The second kappa shape index (κ2) is 12.0. The van der Waals surface area contributed by atoms with E-state index in [1.165, 1.54) is 15.4 Å². The van der Waals surface area contributed by atoms with Crippen LogP contribution in [-0.2, 0) is 11.3 Å². The Balaban J connectivity index is 0.00000300. The van der Waals surface area contributed by atoms with Crippen molar-refractivity contribution in [2.45, 2.75) is 19.9 Å². The quantitative estimate of drug-likeness (QED) is 0.345. The second-order valence-corrected chi connectivity index (χ2v) is 8.19. The van der Waals surface area contributed by atoms with Crippen molar-refractivity contribution >= 4 is 52.9 Å². The van der Waals surface area contributed by atoms with Gasteiger partial charge in [0, 0.05) is 61.6 Å². The summed E-state index contributed by atoms with van der Waals surface area (Å²) in [5.41, 5.74) is 1.23. The third-order valence-electron chi connectivity index (χ3n) is 4.83. The first-order valence-corrected chi connectivity index (χ1v) is 10.5. The average Bonchev–Trinajstić information content (AvgIpc) is 3.16. The minimum atomic E-state index is 0. The summed E-state index contributed by atoms with van der Waals surface area (Å²) in [5, 5.41) is 6.53. The number of hydrogen-bond acceptors (Lipinski definition) is 4. The summed E-state index contributed by atoms with van der Waals surface area (Å²) in [4.78, 5) is 23.6. The fourth-order valence-corrected chi connectivity index (χ4v) is 4.10. The molecule has 0 aliphatic carbocycles. The minimum Gasteiger partial charge on any atom is -0.368 e. The van der Waals surface area contributed by atoms with Gasteiger partial charge in [0.15, 0.2) is 5.96 Å². The van der Waals surface area contributed by atoms with Gasteiger partial charge in [0.1, 0.15) is 0 Å². The molecule has 1 aliphatic heterocycles. The standard InChI is InChI=1S/C21H29N5OS.HI/c1-17-8-9-19(28-17)16-24-21(22-2)23-11-10-20(27)26-14-12-25(13-15-26)18-6-4-3-5-7-18;/h3-9H,10-16H2,1-2H3,(H2,22,23,24);1H. The summed E-state index contributed by atoms with van der Waals surface area (Å²) in [7, 11) is 1.75. The molecule has 8 heteroatoms. The number of guanidine groups is 1. The van der Waals surface area contributed by atoms with Gasteiger partial charge in [-0.2, -0.15) is 0 Å². The molecule has 0 saturated carbocycles. The average molecular weight is 527 g/mol. The molecule has 3 rings (SSSR count). The maximum absolute atomic E-state index is 12.5. The van der Waals surface area contributed by atoms with E-state index >= 15 is 0 Å². The molecule has 29 heavy (non-hydrogen) atoms. The molecule has 1 fully saturated rings. The fourth-order valence-electron chi connectivity index (χ4n) is 3.27. The topological polar surface area (TPSA) is 60.0 Å².